The molecule has 1 unspecified atom stereocenters. The predicted octanol–water partition coefficient (Wildman–Crippen LogP) is 2.15. The van der Waals surface area contributed by atoms with Crippen molar-refractivity contribution in [2.45, 2.75) is 70.1 Å². The molecule has 0 aromatic carbocycles. The summed E-state index contributed by atoms with van der Waals surface area (Å²) in [6, 6.07) is 1.22. The summed E-state index contributed by atoms with van der Waals surface area (Å²) in [7, 11) is 0. The molecule has 0 aromatic rings. The number of hydrogen-bond acceptors (Lipinski definition) is 3. The largest absolute Gasteiger partial charge is 0.377 e. The number of ether oxygens (including phenoxy) is 1. The summed E-state index contributed by atoms with van der Waals surface area (Å²) < 4.78 is 5.78. The van der Waals surface area contributed by atoms with Crippen molar-refractivity contribution >= 4 is 0 Å². The number of rotatable bonds is 5. The molecular formula is C14H28N2O. The molecule has 1 heterocycles. The molecule has 0 spiro atoms. The van der Waals surface area contributed by atoms with Gasteiger partial charge in [0.05, 0.1) is 6.10 Å². The van der Waals surface area contributed by atoms with Crippen molar-refractivity contribution in [3.63, 3.8) is 0 Å². The lowest BCUT2D eigenvalue weighted by atomic mass is 9.90. The monoisotopic (exact) mass is 240 g/mol. The first-order valence-corrected chi connectivity index (χ1v) is 7.40. The molecule has 1 atom stereocenters. The third-order valence-electron chi connectivity index (χ3n) is 4.23. The van der Waals surface area contributed by atoms with Crippen molar-refractivity contribution in [1.82, 2.24) is 4.90 Å². The van der Waals surface area contributed by atoms with E-state index in [0.29, 0.717) is 12.1 Å². The van der Waals surface area contributed by atoms with Crippen LogP contribution in [0.15, 0.2) is 0 Å². The Labute approximate surface area is 106 Å². The van der Waals surface area contributed by atoms with Gasteiger partial charge in [-0.25, -0.2) is 0 Å². The summed E-state index contributed by atoms with van der Waals surface area (Å²) in [5, 5.41) is 0. The average Bonchev–Trinajstić information content (AvgIpc) is 2.82. The number of nitrogens with zero attached hydrogens (tertiary/aromatic N) is 1. The molecule has 3 nitrogen and oxygen atoms in total. The molecule has 0 aromatic heterocycles. The zero-order valence-corrected chi connectivity index (χ0v) is 11.2. The summed E-state index contributed by atoms with van der Waals surface area (Å²) in [5.41, 5.74) is 5.99. The molecule has 2 rings (SSSR count). The first-order chi connectivity index (χ1) is 8.29. The van der Waals surface area contributed by atoms with Crippen molar-refractivity contribution < 1.29 is 4.74 Å². The van der Waals surface area contributed by atoms with E-state index in [9.17, 15) is 0 Å². The van der Waals surface area contributed by atoms with Gasteiger partial charge in [-0.05, 0) is 51.5 Å². The van der Waals surface area contributed by atoms with E-state index in [2.05, 4.69) is 11.8 Å². The van der Waals surface area contributed by atoms with Crippen LogP contribution < -0.4 is 5.73 Å². The minimum Gasteiger partial charge on any atom is -0.377 e. The Kier molecular flexibility index (Phi) is 5.26. The Bertz CT molecular complexity index is 208. The van der Waals surface area contributed by atoms with Gasteiger partial charge in [-0.3, -0.25) is 4.90 Å². The van der Waals surface area contributed by atoms with Crippen molar-refractivity contribution in [2.75, 3.05) is 19.7 Å². The molecule has 2 aliphatic rings. The molecule has 1 saturated heterocycles. The Balaban J connectivity index is 1.82. The second-order valence-corrected chi connectivity index (χ2v) is 5.70. The van der Waals surface area contributed by atoms with E-state index in [-0.39, 0.29) is 0 Å². The number of hydrogen-bond donors (Lipinski definition) is 1. The maximum absolute atomic E-state index is 5.99. The van der Waals surface area contributed by atoms with E-state index < -0.39 is 0 Å². The van der Waals surface area contributed by atoms with Gasteiger partial charge in [-0.15, -0.1) is 0 Å². The van der Waals surface area contributed by atoms with Gasteiger partial charge in [0.2, 0.25) is 0 Å². The van der Waals surface area contributed by atoms with Crippen LogP contribution in [0.1, 0.15) is 51.9 Å². The van der Waals surface area contributed by atoms with E-state index in [4.69, 9.17) is 10.5 Å². The van der Waals surface area contributed by atoms with Crippen molar-refractivity contribution in [2.24, 2.45) is 5.73 Å². The summed E-state index contributed by atoms with van der Waals surface area (Å²) >= 11 is 0. The van der Waals surface area contributed by atoms with Crippen LogP contribution in [0.25, 0.3) is 0 Å². The van der Waals surface area contributed by atoms with Crippen LogP contribution in [0.5, 0.6) is 0 Å². The molecule has 1 aliphatic heterocycles. The van der Waals surface area contributed by atoms with Crippen molar-refractivity contribution in [3.8, 4) is 0 Å². The third kappa shape index (κ3) is 3.94. The highest BCUT2D eigenvalue weighted by molar-refractivity contribution is 4.83. The van der Waals surface area contributed by atoms with Crippen LogP contribution in [-0.2, 0) is 4.74 Å². The minimum absolute atomic E-state index is 0.456. The van der Waals surface area contributed by atoms with Crippen molar-refractivity contribution in [3.05, 3.63) is 0 Å². The summed E-state index contributed by atoms with van der Waals surface area (Å²) in [5.74, 6) is 0. The normalized spacial score (nSPS) is 34.4. The fraction of sp³-hybridized carbons (Fsp3) is 1.00. The van der Waals surface area contributed by atoms with E-state index in [0.717, 1.165) is 19.2 Å². The SMILES string of the molecule is CCCN(CC1CCCO1)C1CCC(N)CC1. The van der Waals surface area contributed by atoms with Gasteiger partial charge in [-0.1, -0.05) is 6.92 Å². The van der Waals surface area contributed by atoms with Gasteiger partial charge in [0.15, 0.2) is 0 Å². The van der Waals surface area contributed by atoms with Crippen LogP contribution in [0, 0.1) is 0 Å². The highest BCUT2D eigenvalue weighted by Crippen LogP contribution is 2.24. The molecule has 17 heavy (non-hydrogen) atoms. The lowest BCUT2D eigenvalue weighted by Crippen LogP contribution is -2.44. The van der Waals surface area contributed by atoms with E-state index in [1.165, 1.54) is 51.5 Å². The fourth-order valence-corrected chi connectivity index (χ4v) is 3.23. The van der Waals surface area contributed by atoms with Gasteiger partial charge >= 0.3 is 0 Å². The Morgan fingerprint density at radius 3 is 2.53 bits per heavy atom. The molecular weight excluding hydrogens is 212 g/mol. The second-order valence-electron chi connectivity index (χ2n) is 5.70. The minimum atomic E-state index is 0.456. The van der Waals surface area contributed by atoms with Crippen LogP contribution >= 0.6 is 0 Å². The standard InChI is InChI=1S/C14H28N2O/c1-2-9-16(11-14-4-3-10-17-14)13-7-5-12(15)6-8-13/h12-14H,2-11,15H2,1H3. The molecule has 2 N–H and O–H groups in total. The highest BCUT2D eigenvalue weighted by atomic mass is 16.5. The summed E-state index contributed by atoms with van der Waals surface area (Å²) in [4.78, 5) is 2.67. The van der Waals surface area contributed by atoms with Gasteiger partial charge < -0.3 is 10.5 Å². The molecule has 3 heteroatoms. The zero-order chi connectivity index (χ0) is 12.1. The molecule has 1 saturated carbocycles. The van der Waals surface area contributed by atoms with E-state index >= 15 is 0 Å². The zero-order valence-electron chi connectivity index (χ0n) is 11.2. The maximum atomic E-state index is 5.99. The van der Waals surface area contributed by atoms with Gasteiger partial charge in [0.25, 0.3) is 0 Å². The van der Waals surface area contributed by atoms with Crippen molar-refractivity contribution in [1.29, 1.82) is 0 Å². The fourth-order valence-electron chi connectivity index (χ4n) is 3.23. The van der Waals surface area contributed by atoms with E-state index in [1.807, 2.05) is 0 Å². The quantitative estimate of drug-likeness (QED) is 0.800. The van der Waals surface area contributed by atoms with E-state index in [1.54, 1.807) is 0 Å². The lowest BCUT2D eigenvalue weighted by Gasteiger charge is -2.37. The first kappa shape index (κ1) is 13.3. The van der Waals surface area contributed by atoms with Gasteiger partial charge in [0, 0.05) is 25.2 Å². The molecule has 2 fully saturated rings. The van der Waals surface area contributed by atoms with Gasteiger partial charge in [-0.2, -0.15) is 0 Å². The third-order valence-corrected chi connectivity index (χ3v) is 4.23. The molecule has 0 bridgehead atoms. The number of nitrogens with two attached hydrogens (primary N) is 1. The lowest BCUT2D eigenvalue weighted by molar-refractivity contribution is 0.0472. The first-order valence-electron chi connectivity index (χ1n) is 7.40. The smallest absolute Gasteiger partial charge is 0.0702 e. The molecule has 100 valence electrons. The molecule has 0 radical (unpaired) electrons. The topological polar surface area (TPSA) is 38.5 Å². The Morgan fingerprint density at radius 1 is 1.18 bits per heavy atom. The van der Waals surface area contributed by atoms with Crippen LogP contribution in [0.2, 0.25) is 0 Å². The summed E-state index contributed by atoms with van der Waals surface area (Å²) in [6.45, 7) is 5.62. The maximum Gasteiger partial charge on any atom is 0.0702 e. The summed E-state index contributed by atoms with van der Waals surface area (Å²) in [6.07, 6.45) is 9.23. The van der Waals surface area contributed by atoms with Crippen LogP contribution in [0.4, 0.5) is 0 Å². The highest BCUT2D eigenvalue weighted by Gasteiger charge is 2.27. The average molecular weight is 240 g/mol. The molecule has 0 amide bonds. The Morgan fingerprint density at radius 2 is 1.94 bits per heavy atom. The van der Waals surface area contributed by atoms with Crippen LogP contribution in [0.3, 0.4) is 0 Å². The predicted molar refractivity (Wildman–Crippen MR) is 71.1 cm³/mol. The molecule has 1 aliphatic carbocycles. The van der Waals surface area contributed by atoms with Gasteiger partial charge in [0.1, 0.15) is 0 Å². The Hall–Kier alpha value is -0.120. The second kappa shape index (κ2) is 6.72. The van der Waals surface area contributed by atoms with Crippen LogP contribution in [-0.4, -0.2) is 42.8 Å².